The van der Waals surface area contributed by atoms with E-state index in [2.05, 4.69) is 5.32 Å². The van der Waals surface area contributed by atoms with Crippen LogP contribution in [0, 0.1) is 17.6 Å². The second-order valence-electron chi connectivity index (χ2n) is 5.91. The zero-order valence-electron chi connectivity index (χ0n) is 11.8. The maximum atomic E-state index is 14.0. The molecule has 2 unspecified atom stereocenters. The van der Waals surface area contributed by atoms with Gasteiger partial charge in [0.05, 0.1) is 5.69 Å². The molecule has 3 rings (SSSR count). The first-order valence-corrected chi connectivity index (χ1v) is 6.95. The molecule has 1 N–H and O–H groups in total. The van der Waals surface area contributed by atoms with Gasteiger partial charge in [0.2, 0.25) is 5.91 Å². The summed E-state index contributed by atoms with van der Waals surface area (Å²) in [6.45, 7) is 3.16. The van der Waals surface area contributed by atoms with Crippen LogP contribution in [0.15, 0.2) is 18.2 Å². The zero-order chi connectivity index (χ0) is 15.4. The summed E-state index contributed by atoms with van der Waals surface area (Å²) < 4.78 is 27.4. The maximum absolute atomic E-state index is 14.0. The van der Waals surface area contributed by atoms with Crippen molar-refractivity contribution < 1.29 is 18.4 Å². The van der Waals surface area contributed by atoms with Gasteiger partial charge >= 0.3 is 0 Å². The van der Waals surface area contributed by atoms with Gasteiger partial charge in [0.1, 0.15) is 23.2 Å². The molecule has 6 heteroatoms. The first-order chi connectivity index (χ1) is 9.84. The number of nitrogens with zero attached hydrogens (tertiary/aromatic N) is 1. The van der Waals surface area contributed by atoms with Crippen molar-refractivity contribution in [3.05, 3.63) is 29.8 Å². The number of hydrogen-bond donors (Lipinski definition) is 1. The second kappa shape index (κ2) is 4.51. The SMILES string of the molecule is CC1C(=O)NC(C)(C2CC2)C(=O)N1c1cc(F)ccc1F. The average molecular weight is 294 g/mol. The predicted molar refractivity (Wildman–Crippen MR) is 72.6 cm³/mol. The van der Waals surface area contributed by atoms with E-state index in [0.717, 1.165) is 35.9 Å². The lowest BCUT2D eigenvalue weighted by Crippen LogP contribution is -2.70. The number of hydrogen-bond acceptors (Lipinski definition) is 2. The van der Waals surface area contributed by atoms with Gasteiger partial charge in [-0.3, -0.25) is 14.5 Å². The van der Waals surface area contributed by atoms with E-state index in [4.69, 9.17) is 0 Å². The third-order valence-electron chi connectivity index (χ3n) is 4.37. The Labute approximate surface area is 121 Å². The van der Waals surface area contributed by atoms with Crippen molar-refractivity contribution in [1.29, 1.82) is 0 Å². The molecular formula is C15H16F2N2O2. The highest BCUT2D eigenvalue weighted by Crippen LogP contribution is 2.43. The minimum atomic E-state index is -1.04. The van der Waals surface area contributed by atoms with E-state index < -0.39 is 23.2 Å². The van der Waals surface area contributed by atoms with Crippen molar-refractivity contribution in [2.75, 3.05) is 4.90 Å². The lowest BCUT2D eigenvalue weighted by Gasteiger charge is -2.43. The summed E-state index contributed by atoms with van der Waals surface area (Å²) in [5.41, 5.74) is -1.23. The van der Waals surface area contributed by atoms with Crippen LogP contribution in [0.1, 0.15) is 26.7 Å². The van der Waals surface area contributed by atoms with Gasteiger partial charge < -0.3 is 5.32 Å². The van der Waals surface area contributed by atoms with Crippen LogP contribution in [0.5, 0.6) is 0 Å². The molecule has 0 bridgehead atoms. The number of nitrogens with one attached hydrogen (secondary N) is 1. The Morgan fingerprint density at radius 1 is 1.29 bits per heavy atom. The smallest absolute Gasteiger partial charge is 0.253 e. The maximum Gasteiger partial charge on any atom is 0.253 e. The molecule has 2 atom stereocenters. The van der Waals surface area contributed by atoms with E-state index in [-0.39, 0.29) is 23.4 Å². The van der Waals surface area contributed by atoms with Crippen LogP contribution < -0.4 is 10.2 Å². The highest BCUT2D eigenvalue weighted by Gasteiger charge is 2.55. The van der Waals surface area contributed by atoms with Gasteiger partial charge in [-0.1, -0.05) is 0 Å². The van der Waals surface area contributed by atoms with E-state index in [1.807, 2.05) is 0 Å². The van der Waals surface area contributed by atoms with Crippen molar-refractivity contribution >= 4 is 17.5 Å². The topological polar surface area (TPSA) is 49.4 Å². The molecule has 2 aliphatic rings. The molecule has 21 heavy (non-hydrogen) atoms. The first kappa shape index (κ1) is 14.0. The largest absolute Gasteiger partial charge is 0.340 e. The second-order valence-corrected chi connectivity index (χ2v) is 5.91. The third-order valence-corrected chi connectivity index (χ3v) is 4.37. The fourth-order valence-electron chi connectivity index (χ4n) is 2.88. The number of carbonyl (C=O) groups excluding carboxylic acids is 2. The quantitative estimate of drug-likeness (QED) is 0.907. The molecule has 1 heterocycles. The summed E-state index contributed by atoms with van der Waals surface area (Å²) in [7, 11) is 0. The van der Waals surface area contributed by atoms with Crippen molar-refractivity contribution in [2.24, 2.45) is 5.92 Å². The first-order valence-electron chi connectivity index (χ1n) is 6.95. The minimum absolute atomic E-state index is 0.0561. The Morgan fingerprint density at radius 2 is 1.95 bits per heavy atom. The Hall–Kier alpha value is -1.98. The number of carbonyl (C=O) groups is 2. The van der Waals surface area contributed by atoms with Crippen LogP contribution >= 0.6 is 0 Å². The van der Waals surface area contributed by atoms with E-state index in [9.17, 15) is 18.4 Å². The molecule has 1 aliphatic heterocycles. The summed E-state index contributed by atoms with van der Waals surface area (Å²) in [5, 5.41) is 2.74. The molecule has 2 fully saturated rings. The summed E-state index contributed by atoms with van der Waals surface area (Å²) in [6.07, 6.45) is 1.69. The number of halogens is 2. The van der Waals surface area contributed by atoms with Gasteiger partial charge in [-0.05, 0) is 44.7 Å². The average Bonchev–Trinajstić information content (AvgIpc) is 3.25. The molecule has 1 aliphatic carbocycles. The fourth-order valence-corrected chi connectivity index (χ4v) is 2.88. The molecule has 2 amide bonds. The number of anilines is 1. The molecule has 4 nitrogen and oxygen atoms in total. The lowest BCUT2D eigenvalue weighted by atomic mass is 9.89. The number of amides is 2. The van der Waals surface area contributed by atoms with Crippen molar-refractivity contribution in [1.82, 2.24) is 5.32 Å². The normalized spacial score (nSPS) is 29.5. The highest BCUT2D eigenvalue weighted by atomic mass is 19.1. The lowest BCUT2D eigenvalue weighted by molar-refractivity contribution is -0.138. The van der Waals surface area contributed by atoms with Crippen LogP contribution in [0.3, 0.4) is 0 Å². The Balaban J connectivity index is 2.07. The molecule has 1 saturated carbocycles. The van der Waals surface area contributed by atoms with Crippen molar-refractivity contribution in [3.8, 4) is 0 Å². The summed E-state index contributed by atoms with van der Waals surface area (Å²) in [5.74, 6) is -2.05. The third kappa shape index (κ3) is 2.09. The molecular weight excluding hydrogens is 278 g/mol. The van der Waals surface area contributed by atoms with Crippen LogP contribution in [0.4, 0.5) is 14.5 Å². The molecule has 0 aromatic heterocycles. The molecule has 0 spiro atoms. The Morgan fingerprint density at radius 3 is 2.57 bits per heavy atom. The van der Waals surface area contributed by atoms with E-state index in [0.29, 0.717) is 0 Å². The summed E-state index contributed by atoms with van der Waals surface area (Å²) in [4.78, 5) is 26.0. The Kier molecular flexibility index (Phi) is 3.00. The number of benzene rings is 1. The van der Waals surface area contributed by atoms with Crippen LogP contribution in [0.25, 0.3) is 0 Å². The van der Waals surface area contributed by atoms with Gasteiger partial charge in [0.15, 0.2) is 0 Å². The standard InChI is InChI=1S/C15H16F2N2O2/c1-8-13(20)18-15(2,9-3-4-9)14(21)19(8)12-7-10(16)5-6-11(12)17/h5-9H,3-4H2,1-2H3,(H,18,20). The van der Waals surface area contributed by atoms with Gasteiger partial charge in [0, 0.05) is 6.07 Å². The molecule has 1 aromatic carbocycles. The van der Waals surface area contributed by atoms with Gasteiger partial charge in [-0.15, -0.1) is 0 Å². The molecule has 112 valence electrons. The zero-order valence-corrected chi connectivity index (χ0v) is 11.8. The van der Waals surface area contributed by atoms with Crippen LogP contribution in [-0.2, 0) is 9.59 Å². The Bertz CT molecular complexity index is 630. The van der Waals surface area contributed by atoms with Crippen LogP contribution in [0.2, 0.25) is 0 Å². The predicted octanol–water partition coefficient (Wildman–Crippen LogP) is 1.98. The number of rotatable bonds is 2. The molecule has 1 aromatic rings. The van der Waals surface area contributed by atoms with Gasteiger partial charge in [0.25, 0.3) is 5.91 Å². The van der Waals surface area contributed by atoms with Gasteiger partial charge in [-0.2, -0.15) is 0 Å². The highest BCUT2D eigenvalue weighted by molar-refractivity contribution is 6.10. The summed E-state index contributed by atoms with van der Waals surface area (Å²) in [6, 6.07) is 2.03. The molecule has 1 saturated heterocycles. The number of piperazine rings is 1. The monoisotopic (exact) mass is 294 g/mol. The fraction of sp³-hybridized carbons (Fsp3) is 0.467. The molecule has 0 radical (unpaired) electrons. The van der Waals surface area contributed by atoms with Crippen LogP contribution in [-0.4, -0.2) is 23.4 Å². The van der Waals surface area contributed by atoms with E-state index in [1.54, 1.807) is 6.92 Å². The van der Waals surface area contributed by atoms with Crippen molar-refractivity contribution in [3.63, 3.8) is 0 Å². The van der Waals surface area contributed by atoms with E-state index >= 15 is 0 Å². The van der Waals surface area contributed by atoms with Gasteiger partial charge in [-0.25, -0.2) is 8.78 Å². The minimum Gasteiger partial charge on any atom is -0.340 e. The van der Waals surface area contributed by atoms with Crippen molar-refractivity contribution in [2.45, 2.75) is 38.3 Å². The van der Waals surface area contributed by atoms with E-state index in [1.165, 1.54) is 6.92 Å². The summed E-state index contributed by atoms with van der Waals surface area (Å²) >= 11 is 0.